The first-order valence-corrected chi connectivity index (χ1v) is 6.84. The van der Waals surface area contributed by atoms with Gasteiger partial charge in [0.15, 0.2) is 0 Å². The lowest BCUT2D eigenvalue weighted by Gasteiger charge is -2.28. The maximum Gasteiger partial charge on any atom is 0.0946 e. The first kappa shape index (κ1) is 10.8. The van der Waals surface area contributed by atoms with Crippen LogP contribution in [0.4, 0.5) is 0 Å². The van der Waals surface area contributed by atoms with Gasteiger partial charge in [0, 0.05) is 4.47 Å². The average Bonchev–Trinajstić information content (AvgIpc) is 2.73. The fourth-order valence-electron chi connectivity index (χ4n) is 3.33. The van der Waals surface area contributed by atoms with Crippen molar-refractivity contribution in [3.63, 3.8) is 0 Å². The molecule has 0 radical (unpaired) electrons. The SMILES string of the molecule is CC1(C)OC2(CCCC2)c2ccc(Br)cc21. The van der Waals surface area contributed by atoms with Crippen molar-refractivity contribution in [2.24, 2.45) is 0 Å². The van der Waals surface area contributed by atoms with E-state index in [2.05, 4.69) is 48.0 Å². The number of halogens is 1. The van der Waals surface area contributed by atoms with Gasteiger partial charge in [0.2, 0.25) is 0 Å². The molecule has 1 saturated carbocycles. The van der Waals surface area contributed by atoms with Gasteiger partial charge >= 0.3 is 0 Å². The molecule has 0 saturated heterocycles. The fraction of sp³-hybridized carbons (Fsp3) is 0.571. The van der Waals surface area contributed by atoms with Crippen LogP contribution >= 0.6 is 15.9 Å². The molecular formula is C14H17BrO. The average molecular weight is 281 g/mol. The van der Waals surface area contributed by atoms with Gasteiger partial charge in [-0.2, -0.15) is 0 Å². The Bertz CT molecular complexity index is 430. The lowest BCUT2D eigenvalue weighted by molar-refractivity contribution is -0.122. The quantitative estimate of drug-likeness (QED) is 0.681. The van der Waals surface area contributed by atoms with Gasteiger partial charge < -0.3 is 4.74 Å². The summed E-state index contributed by atoms with van der Waals surface area (Å²) in [4.78, 5) is 0. The molecule has 0 bridgehead atoms. The number of fused-ring (bicyclic) bond motifs is 2. The van der Waals surface area contributed by atoms with Gasteiger partial charge in [0.25, 0.3) is 0 Å². The predicted octanol–water partition coefficient (Wildman–Crippen LogP) is 4.48. The number of benzene rings is 1. The number of hydrogen-bond donors (Lipinski definition) is 0. The van der Waals surface area contributed by atoms with Gasteiger partial charge in [-0.15, -0.1) is 0 Å². The molecule has 0 amide bonds. The Labute approximate surface area is 105 Å². The summed E-state index contributed by atoms with van der Waals surface area (Å²) in [5.41, 5.74) is 2.69. The second-order valence-electron chi connectivity index (χ2n) is 5.50. The highest BCUT2D eigenvalue weighted by molar-refractivity contribution is 9.10. The van der Waals surface area contributed by atoms with Crippen molar-refractivity contribution in [1.82, 2.24) is 0 Å². The Balaban J connectivity index is 2.18. The fourth-order valence-corrected chi connectivity index (χ4v) is 3.69. The first-order chi connectivity index (χ1) is 7.54. The standard InChI is InChI=1S/C14H17BrO/c1-13(2)12-9-10(15)5-6-11(12)14(16-13)7-3-4-8-14/h5-6,9H,3-4,7-8H2,1-2H3. The summed E-state index contributed by atoms with van der Waals surface area (Å²) in [7, 11) is 0. The predicted molar refractivity (Wildman–Crippen MR) is 68.4 cm³/mol. The molecule has 1 heterocycles. The molecule has 1 nitrogen and oxygen atoms in total. The zero-order valence-corrected chi connectivity index (χ0v) is 11.4. The Hall–Kier alpha value is -0.340. The second-order valence-corrected chi connectivity index (χ2v) is 6.42. The summed E-state index contributed by atoms with van der Waals surface area (Å²) in [6.07, 6.45) is 4.97. The molecule has 1 aliphatic carbocycles. The van der Waals surface area contributed by atoms with Crippen LogP contribution < -0.4 is 0 Å². The van der Waals surface area contributed by atoms with Crippen LogP contribution in [0, 0.1) is 0 Å². The van der Waals surface area contributed by atoms with E-state index in [9.17, 15) is 0 Å². The molecule has 2 heteroatoms. The summed E-state index contributed by atoms with van der Waals surface area (Å²) in [6.45, 7) is 4.37. The minimum atomic E-state index is -0.135. The Morgan fingerprint density at radius 2 is 1.81 bits per heavy atom. The summed E-state index contributed by atoms with van der Waals surface area (Å²) >= 11 is 3.56. The topological polar surface area (TPSA) is 9.23 Å². The van der Waals surface area contributed by atoms with Gasteiger partial charge in [-0.05, 0) is 49.9 Å². The largest absolute Gasteiger partial charge is 0.360 e. The minimum absolute atomic E-state index is 0.0273. The van der Waals surface area contributed by atoms with Gasteiger partial charge in [0.05, 0.1) is 11.2 Å². The molecule has 86 valence electrons. The molecule has 1 aromatic carbocycles. The third-order valence-corrected chi connectivity index (χ3v) is 4.48. The lowest BCUT2D eigenvalue weighted by Crippen LogP contribution is -2.25. The van der Waals surface area contributed by atoms with Gasteiger partial charge in [-0.3, -0.25) is 0 Å². The van der Waals surface area contributed by atoms with Crippen LogP contribution in [-0.2, 0) is 15.9 Å². The van der Waals surface area contributed by atoms with E-state index in [1.54, 1.807) is 0 Å². The van der Waals surface area contributed by atoms with E-state index in [4.69, 9.17) is 4.74 Å². The molecule has 0 N–H and O–H groups in total. The molecule has 1 fully saturated rings. The summed E-state index contributed by atoms with van der Waals surface area (Å²) < 4.78 is 7.55. The monoisotopic (exact) mass is 280 g/mol. The molecule has 1 spiro atoms. The Kier molecular flexibility index (Phi) is 2.25. The van der Waals surface area contributed by atoms with Crippen LogP contribution in [0.1, 0.15) is 50.7 Å². The minimum Gasteiger partial charge on any atom is -0.360 e. The van der Waals surface area contributed by atoms with E-state index in [0.717, 1.165) is 4.47 Å². The lowest BCUT2D eigenvalue weighted by atomic mass is 9.88. The van der Waals surface area contributed by atoms with Crippen molar-refractivity contribution in [2.45, 2.75) is 50.7 Å². The third-order valence-electron chi connectivity index (χ3n) is 3.98. The van der Waals surface area contributed by atoms with Crippen LogP contribution in [0.3, 0.4) is 0 Å². The summed E-state index contributed by atoms with van der Waals surface area (Å²) in [5, 5.41) is 0. The molecule has 16 heavy (non-hydrogen) atoms. The zero-order valence-electron chi connectivity index (χ0n) is 9.85. The molecule has 0 aromatic heterocycles. The van der Waals surface area contributed by atoms with Crippen molar-refractivity contribution in [3.05, 3.63) is 33.8 Å². The zero-order chi connectivity index (χ0) is 11.4. The van der Waals surface area contributed by atoms with Crippen molar-refractivity contribution >= 4 is 15.9 Å². The highest BCUT2D eigenvalue weighted by atomic mass is 79.9. The second kappa shape index (κ2) is 3.33. The van der Waals surface area contributed by atoms with E-state index in [-0.39, 0.29) is 11.2 Å². The van der Waals surface area contributed by atoms with E-state index >= 15 is 0 Å². The van der Waals surface area contributed by atoms with Crippen molar-refractivity contribution in [3.8, 4) is 0 Å². The molecule has 0 unspecified atom stereocenters. The van der Waals surface area contributed by atoms with Crippen molar-refractivity contribution < 1.29 is 4.74 Å². The van der Waals surface area contributed by atoms with Gasteiger partial charge in [-0.25, -0.2) is 0 Å². The maximum absolute atomic E-state index is 6.40. The van der Waals surface area contributed by atoms with Crippen LogP contribution in [0.15, 0.2) is 22.7 Å². The van der Waals surface area contributed by atoms with E-state index < -0.39 is 0 Å². The smallest absolute Gasteiger partial charge is 0.0946 e. The van der Waals surface area contributed by atoms with Crippen LogP contribution in [0.25, 0.3) is 0 Å². The van der Waals surface area contributed by atoms with Gasteiger partial charge in [-0.1, -0.05) is 34.8 Å². The van der Waals surface area contributed by atoms with Gasteiger partial charge in [0.1, 0.15) is 0 Å². The molecular weight excluding hydrogens is 264 g/mol. The van der Waals surface area contributed by atoms with E-state index in [1.165, 1.54) is 36.8 Å². The van der Waals surface area contributed by atoms with Crippen LogP contribution in [-0.4, -0.2) is 0 Å². The van der Waals surface area contributed by atoms with E-state index in [0.29, 0.717) is 0 Å². The molecule has 3 rings (SSSR count). The normalized spacial score (nSPS) is 24.9. The summed E-state index contributed by atoms with van der Waals surface area (Å²) in [5.74, 6) is 0. The van der Waals surface area contributed by atoms with Crippen LogP contribution in [0.5, 0.6) is 0 Å². The number of ether oxygens (including phenoxy) is 1. The molecule has 0 atom stereocenters. The maximum atomic E-state index is 6.40. The number of hydrogen-bond acceptors (Lipinski definition) is 1. The molecule has 1 aliphatic heterocycles. The Morgan fingerprint density at radius 3 is 2.50 bits per heavy atom. The first-order valence-electron chi connectivity index (χ1n) is 6.04. The van der Waals surface area contributed by atoms with Crippen molar-refractivity contribution in [2.75, 3.05) is 0 Å². The Morgan fingerprint density at radius 1 is 1.12 bits per heavy atom. The van der Waals surface area contributed by atoms with Crippen molar-refractivity contribution in [1.29, 1.82) is 0 Å². The molecule has 2 aliphatic rings. The van der Waals surface area contributed by atoms with E-state index in [1.807, 2.05) is 0 Å². The number of rotatable bonds is 0. The molecule has 1 aromatic rings. The highest BCUT2D eigenvalue weighted by Gasteiger charge is 2.49. The van der Waals surface area contributed by atoms with Crippen LogP contribution in [0.2, 0.25) is 0 Å². The third kappa shape index (κ3) is 1.39. The highest BCUT2D eigenvalue weighted by Crippen LogP contribution is 2.54. The summed E-state index contributed by atoms with van der Waals surface area (Å²) in [6, 6.07) is 6.62.